The number of nitrogens with zero attached hydrogens (tertiary/aromatic N) is 4. The summed E-state index contributed by atoms with van der Waals surface area (Å²) in [7, 11) is 3.22. The van der Waals surface area contributed by atoms with Gasteiger partial charge in [-0.25, -0.2) is 4.68 Å². The molecule has 0 aliphatic heterocycles. The van der Waals surface area contributed by atoms with Crippen molar-refractivity contribution in [3.63, 3.8) is 0 Å². The predicted octanol–water partition coefficient (Wildman–Crippen LogP) is 1.24. The Labute approximate surface area is 121 Å². The molecule has 0 saturated heterocycles. The van der Waals surface area contributed by atoms with Gasteiger partial charge in [0.2, 0.25) is 0 Å². The van der Waals surface area contributed by atoms with Gasteiger partial charge in [0.1, 0.15) is 6.10 Å². The van der Waals surface area contributed by atoms with Crippen LogP contribution in [0.15, 0.2) is 18.2 Å². The number of nitrogen functional groups attached to an aromatic ring is 1. The lowest BCUT2D eigenvalue weighted by Gasteiger charge is -2.15. The van der Waals surface area contributed by atoms with Crippen molar-refractivity contribution in [2.75, 3.05) is 26.6 Å². The zero-order valence-electron chi connectivity index (χ0n) is 11.3. The van der Waals surface area contributed by atoms with Gasteiger partial charge in [0.05, 0.1) is 18.2 Å². The Morgan fingerprint density at radius 1 is 1.40 bits per heavy atom. The fourth-order valence-electron chi connectivity index (χ4n) is 1.81. The van der Waals surface area contributed by atoms with Crippen LogP contribution < -0.4 is 5.73 Å². The van der Waals surface area contributed by atoms with Crippen LogP contribution in [0, 0.1) is 0 Å². The first-order valence-electron chi connectivity index (χ1n) is 5.99. The van der Waals surface area contributed by atoms with E-state index in [4.69, 9.17) is 26.8 Å². The molecule has 1 aromatic carbocycles. The van der Waals surface area contributed by atoms with Crippen molar-refractivity contribution >= 4 is 17.3 Å². The summed E-state index contributed by atoms with van der Waals surface area (Å²) >= 11 is 6.17. The van der Waals surface area contributed by atoms with Crippen molar-refractivity contribution in [1.82, 2.24) is 20.2 Å². The standard InChI is InChI=1S/C12H16ClN5O2/c1-19-7-9(20-2)6-18-12(15-16-17-18)10-5-8(14)3-4-11(10)13/h3-5,9H,6-7,14H2,1-2H3. The van der Waals surface area contributed by atoms with Crippen LogP contribution in [0.1, 0.15) is 0 Å². The highest BCUT2D eigenvalue weighted by atomic mass is 35.5. The Balaban J connectivity index is 2.30. The number of ether oxygens (including phenoxy) is 2. The van der Waals surface area contributed by atoms with Crippen molar-refractivity contribution in [3.05, 3.63) is 23.2 Å². The van der Waals surface area contributed by atoms with Gasteiger partial charge in [-0.1, -0.05) is 11.6 Å². The fourth-order valence-corrected chi connectivity index (χ4v) is 2.01. The highest BCUT2D eigenvalue weighted by Crippen LogP contribution is 2.27. The molecule has 2 aromatic rings. The Kier molecular flexibility index (Phi) is 4.89. The summed E-state index contributed by atoms with van der Waals surface area (Å²) < 4.78 is 12.0. The molecular formula is C12H16ClN5O2. The molecule has 1 aromatic heterocycles. The third-order valence-electron chi connectivity index (χ3n) is 2.83. The van der Waals surface area contributed by atoms with E-state index in [1.54, 1.807) is 37.1 Å². The number of methoxy groups -OCH3 is 2. The molecule has 0 spiro atoms. The van der Waals surface area contributed by atoms with Gasteiger partial charge in [-0.3, -0.25) is 0 Å². The molecule has 1 heterocycles. The van der Waals surface area contributed by atoms with Gasteiger partial charge in [-0.15, -0.1) is 5.10 Å². The molecule has 8 heteroatoms. The van der Waals surface area contributed by atoms with Crippen LogP contribution in [0.5, 0.6) is 0 Å². The number of tetrazole rings is 1. The van der Waals surface area contributed by atoms with Gasteiger partial charge in [0, 0.05) is 25.5 Å². The summed E-state index contributed by atoms with van der Waals surface area (Å²) in [4.78, 5) is 0. The summed E-state index contributed by atoms with van der Waals surface area (Å²) in [5, 5.41) is 12.2. The first-order chi connectivity index (χ1) is 9.65. The number of hydrogen-bond acceptors (Lipinski definition) is 6. The number of aromatic nitrogens is 4. The van der Waals surface area contributed by atoms with Gasteiger partial charge in [-0.05, 0) is 28.6 Å². The number of anilines is 1. The monoisotopic (exact) mass is 297 g/mol. The smallest absolute Gasteiger partial charge is 0.183 e. The van der Waals surface area contributed by atoms with Crippen molar-refractivity contribution in [1.29, 1.82) is 0 Å². The molecule has 0 bridgehead atoms. The maximum absolute atomic E-state index is 6.17. The van der Waals surface area contributed by atoms with Crippen molar-refractivity contribution in [2.45, 2.75) is 12.6 Å². The van der Waals surface area contributed by atoms with E-state index in [-0.39, 0.29) is 6.10 Å². The zero-order chi connectivity index (χ0) is 14.5. The predicted molar refractivity (Wildman–Crippen MR) is 75.3 cm³/mol. The molecule has 1 unspecified atom stereocenters. The molecule has 0 radical (unpaired) electrons. The van der Waals surface area contributed by atoms with Crippen LogP contribution in [0.2, 0.25) is 5.02 Å². The molecule has 0 fully saturated rings. The quantitative estimate of drug-likeness (QED) is 0.807. The zero-order valence-corrected chi connectivity index (χ0v) is 12.0. The van der Waals surface area contributed by atoms with Crippen molar-refractivity contribution in [3.8, 4) is 11.4 Å². The number of hydrogen-bond donors (Lipinski definition) is 1. The molecule has 1 atom stereocenters. The van der Waals surface area contributed by atoms with E-state index in [1.165, 1.54) is 0 Å². The summed E-state index contributed by atoms with van der Waals surface area (Å²) in [5.41, 5.74) is 7.06. The molecular weight excluding hydrogens is 282 g/mol. The lowest BCUT2D eigenvalue weighted by molar-refractivity contribution is 0.0163. The summed E-state index contributed by atoms with van der Waals surface area (Å²) in [6.45, 7) is 0.901. The minimum absolute atomic E-state index is 0.151. The van der Waals surface area contributed by atoms with E-state index in [0.29, 0.717) is 35.2 Å². The number of halogens is 1. The second-order valence-electron chi connectivity index (χ2n) is 4.24. The van der Waals surface area contributed by atoms with Gasteiger partial charge in [0.25, 0.3) is 0 Å². The Morgan fingerprint density at radius 3 is 2.90 bits per heavy atom. The molecule has 7 nitrogen and oxygen atoms in total. The van der Waals surface area contributed by atoms with Crippen LogP contribution in [0.25, 0.3) is 11.4 Å². The third-order valence-corrected chi connectivity index (χ3v) is 3.16. The lowest BCUT2D eigenvalue weighted by Crippen LogP contribution is -2.25. The minimum atomic E-state index is -0.151. The van der Waals surface area contributed by atoms with Gasteiger partial charge in [-0.2, -0.15) is 0 Å². The van der Waals surface area contributed by atoms with Crippen molar-refractivity contribution < 1.29 is 9.47 Å². The first-order valence-corrected chi connectivity index (χ1v) is 6.36. The summed E-state index contributed by atoms with van der Waals surface area (Å²) in [6.07, 6.45) is -0.151. The third kappa shape index (κ3) is 3.24. The average molecular weight is 298 g/mol. The Morgan fingerprint density at radius 2 is 2.20 bits per heavy atom. The first kappa shape index (κ1) is 14.7. The fraction of sp³-hybridized carbons (Fsp3) is 0.417. The average Bonchev–Trinajstić information content (AvgIpc) is 2.89. The topological polar surface area (TPSA) is 88.1 Å². The van der Waals surface area contributed by atoms with E-state index in [9.17, 15) is 0 Å². The molecule has 20 heavy (non-hydrogen) atoms. The van der Waals surface area contributed by atoms with E-state index in [0.717, 1.165) is 0 Å². The molecule has 2 rings (SSSR count). The van der Waals surface area contributed by atoms with E-state index < -0.39 is 0 Å². The highest BCUT2D eigenvalue weighted by molar-refractivity contribution is 6.33. The second kappa shape index (κ2) is 6.65. The van der Waals surface area contributed by atoms with Gasteiger partial charge in [0.15, 0.2) is 5.82 Å². The van der Waals surface area contributed by atoms with Crippen LogP contribution in [-0.2, 0) is 16.0 Å². The summed E-state index contributed by atoms with van der Waals surface area (Å²) in [6, 6.07) is 5.18. The SMILES string of the molecule is COCC(Cn1nnnc1-c1cc(N)ccc1Cl)OC. The Bertz CT molecular complexity index is 575. The molecule has 0 saturated carbocycles. The van der Waals surface area contributed by atoms with Crippen LogP contribution in [0.4, 0.5) is 5.69 Å². The number of nitrogens with two attached hydrogens (primary N) is 1. The molecule has 2 N–H and O–H groups in total. The highest BCUT2D eigenvalue weighted by Gasteiger charge is 2.16. The maximum atomic E-state index is 6.17. The maximum Gasteiger partial charge on any atom is 0.183 e. The van der Waals surface area contributed by atoms with Crippen LogP contribution in [0.3, 0.4) is 0 Å². The van der Waals surface area contributed by atoms with Gasteiger partial charge >= 0.3 is 0 Å². The van der Waals surface area contributed by atoms with E-state index in [1.807, 2.05) is 0 Å². The number of rotatable bonds is 6. The summed E-state index contributed by atoms with van der Waals surface area (Å²) in [5.74, 6) is 0.542. The molecule has 0 aliphatic rings. The van der Waals surface area contributed by atoms with Crippen LogP contribution in [-0.4, -0.2) is 47.1 Å². The molecule has 108 valence electrons. The minimum Gasteiger partial charge on any atom is -0.399 e. The van der Waals surface area contributed by atoms with E-state index >= 15 is 0 Å². The molecule has 0 aliphatic carbocycles. The second-order valence-corrected chi connectivity index (χ2v) is 4.64. The normalized spacial score (nSPS) is 12.6. The Hall–Kier alpha value is -1.70. The van der Waals surface area contributed by atoms with Gasteiger partial charge < -0.3 is 15.2 Å². The molecule has 0 amide bonds. The van der Waals surface area contributed by atoms with Crippen molar-refractivity contribution in [2.24, 2.45) is 0 Å². The van der Waals surface area contributed by atoms with E-state index in [2.05, 4.69) is 15.5 Å². The largest absolute Gasteiger partial charge is 0.399 e. The lowest BCUT2D eigenvalue weighted by atomic mass is 10.2. The number of benzene rings is 1. The van der Waals surface area contributed by atoms with Crippen LogP contribution >= 0.6 is 11.6 Å².